The van der Waals surface area contributed by atoms with Crippen LogP contribution < -0.4 is 4.74 Å². The van der Waals surface area contributed by atoms with E-state index in [0.717, 1.165) is 0 Å². The Kier molecular flexibility index (Phi) is 6.35. The first-order valence-corrected chi connectivity index (χ1v) is 8.60. The van der Waals surface area contributed by atoms with Crippen LogP contribution in [-0.2, 0) is 9.05 Å². The van der Waals surface area contributed by atoms with Gasteiger partial charge in [-0.05, 0) is 18.9 Å². The van der Waals surface area contributed by atoms with Crippen LogP contribution >= 0.6 is 45.5 Å². The maximum absolute atomic E-state index is 10.7. The number of benzene rings is 1. The van der Waals surface area contributed by atoms with Gasteiger partial charge in [0.15, 0.2) is 0 Å². The van der Waals surface area contributed by atoms with Crippen molar-refractivity contribution < 1.29 is 13.2 Å². The molecule has 0 aliphatic carbocycles. The Labute approximate surface area is 125 Å². The minimum Gasteiger partial charge on any atom is -0.492 e. The molecule has 1 aromatic carbocycles. The van der Waals surface area contributed by atoms with Gasteiger partial charge in [-0.25, -0.2) is 8.42 Å². The van der Waals surface area contributed by atoms with E-state index in [1.54, 1.807) is 0 Å². The molecule has 0 fully saturated rings. The van der Waals surface area contributed by atoms with Gasteiger partial charge < -0.3 is 4.74 Å². The first-order chi connectivity index (χ1) is 8.29. The van der Waals surface area contributed by atoms with Gasteiger partial charge in [-0.3, -0.25) is 0 Å². The van der Waals surface area contributed by atoms with Gasteiger partial charge in [-0.1, -0.05) is 34.8 Å². The van der Waals surface area contributed by atoms with Crippen molar-refractivity contribution in [3.8, 4) is 5.75 Å². The monoisotopic (exact) mass is 350 g/mol. The molecule has 0 saturated carbocycles. The highest BCUT2D eigenvalue weighted by Crippen LogP contribution is 2.33. The lowest BCUT2D eigenvalue weighted by Gasteiger charge is -2.08. The zero-order chi connectivity index (χ0) is 13.8. The number of ether oxygens (including phenoxy) is 1. The van der Waals surface area contributed by atoms with Crippen molar-refractivity contribution in [1.82, 2.24) is 0 Å². The third-order valence-corrected chi connectivity index (χ3v) is 4.27. The second-order valence-electron chi connectivity index (χ2n) is 3.50. The standard InChI is InChI=1S/C10H10Cl4O3S/c11-7-5-9(13)10(6-8(7)12)17-3-1-2-4-18(14,15)16/h5-6H,1-4H2. The van der Waals surface area contributed by atoms with E-state index >= 15 is 0 Å². The largest absolute Gasteiger partial charge is 0.492 e. The summed E-state index contributed by atoms with van der Waals surface area (Å²) in [6.45, 7) is 0.324. The molecule has 0 aliphatic rings. The molecular formula is C10H10Cl4O3S. The molecular weight excluding hydrogens is 342 g/mol. The van der Waals surface area contributed by atoms with Crippen LogP contribution in [-0.4, -0.2) is 20.8 Å². The number of hydrogen-bond donors (Lipinski definition) is 0. The molecule has 18 heavy (non-hydrogen) atoms. The molecule has 0 aliphatic heterocycles. The Morgan fingerprint density at radius 2 is 1.61 bits per heavy atom. The molecule has 0 spiro atoms. The van der Waals surface area contributed by atoms with Crippen molar-refractivity contribution in [2.24, 2.45) is 0 Å². The Hall–Kier alpha value is 0.130. The van der Waals surface area contributed by atoms with Crippen molar-refractivity contribution in [2.45, 2.75) is 12.8 Å². The van der Waals surface area contributed by atoms with E-state index in [-0.39, 0.29) is 5.75 Å². The van der Waals surface area contributed by atoms with E-state index in [1.807, 2.05) is 0 Å². The van der Waals surface area contributed by atoms with Crippen molar-refractivity contribution >= 4 is 54.5 Å². The molecule has 0 N–H and O–H groups in total. The molecule has 8 heteroatoms. The van der Waals surface area contributed by atoms with E-state index in [1.165, 1.54) is 12.1 Å². The average Bonchev–Trinajstić information content (AvgIpc) is 2.23. The number of rotatable bonds is 6. The van der Waals surface area contributed by atoms with E-state index in [9.17, 15) is 8.42 Å². The number of unbranched alkanes of at least 4 members (excludes halogenated alkanes) is 1. The van der Waals surface area contributed by atoms with Crippen molar-refractivity contribution in [3.63, 3.8) is 0 Å². The summed E-state index contributed by atoms with van der Waals surface area (Å²) >= 11 is 17.5. The van der Waals surface area contributed by atoms with Gasteiger partial charge in [0.05, 0.1) is 27.4 Å². The Bertz CT molecular complexity index is 516. The Morgan fingerprint density at radius 3 is 2.22 bits per heavy atom. The highest BCUT2D eigenvalue weighted by molar-refractivity contribution is 8.13. The van der Waals surface area contributed by atoms with Crippen LogP contribution in [0.3, 0.4) is 0 Å². The summed E-state index contributed by atoms with van der Waals surface area (Å²) in [6.07, 6.45) is 0.966. The molecule has 0 radical (unpaired) electrons. The number of halogens is 4. The molecule has 0 bridgehead atoms. The zero-order valence-corrected chi connectivity index (χ0v) is 13.0. The lowest BCUT2D eigenvalue weighted by molar-refractivity contribution is 0.310. The molecule has 0 unspecified atom stereocenters. The fourth-order valence-corrected chi connectivity index (χ4v) is 2.64. The average molecular weight is 352 g/mol. The van der Waals surface area contributed by atoms with E-state index in [2.05, 4.69) is 0 Å². The molecule has 1 aromatic rings. The normalized spacial score (nSPS) is 11.6. The lowest BCUT2D eigenvalue weighted by atomic mass is 10.3. The van der Waals surface area contributed by atoms with Gasteiger partial charge in [0.25, 0.3) is 0 Å². The van der Waals surface area contributed by atoms with E-state index < -0.39 is 9.05 Å². The fraction of sp³-hybridized carbons (Fsp3) is 0.400. The summed E-state index contributed by atoms with van der Waals surface area (Å²) in [6, 6.07) is 3.01. The molecule has 0 heterocycles. The zero-order valence-electron chi connectivity index (χ0n) is 9.13. The smallest absolute Gasteiger partial charge is 0.232 e. The van der Waals surface area contributed by atoms with Gasteiger partial charge in [-0.15, -0.1) is 0 Å². The third kappa shape index (κ3) is 5.85. The molecule has 0 saturated heterocycles. The predicted molar refractivity (Wildman–Crippen MR) is 75.8 cm³/mol. The Morgan fingerprint density at radius 1 is 1.00 bits per heavy atom. The van der Waals surface area contributed by atoms with Crippen molar-refractivity contribution in [3.05, 3.63) is 27.2 Å². The van der Waals surface area contributed by atoms with Gasteiger partial charge in [0.1, 0.15) is 5.75 Å². The lowest BCUT2D eigenvalue weighted by Crippen LogP contribution is -2.02. The first kappa shape index (κ1) is 16.2. The van der Waals surface area contributed by atoms with Crippen molar-refractivity contribution in [1.29, 1.82) is 0 Å². The summed E-state index contributed by atoms with van der Waals surface area (Å²) in [7, 11) is 1.63. The van der Waals surface area contributed by atoms with Crippen LogP contribution in [0, 0.1) is 0 Å². The quantitative estimate of drug-likeness (QED) is 0.434. The first-order valence-electron chi connectivity index (χ1n) is 4.99. The molecule has 102 valence electrons. The molecule has 0 atom stereocenters. The summed E-state index contributed by atoms with van der Waals surface area (Å²) < 4.78 is 26.7. The van der Waals surface area contributed by atoms with Gasteiger partial charge in [0, 0.05) is 16.7 Å². The minimum atomic E-state index is -3.44. The minimum absolute atomic E-state index is 0.0764. The molecule has 3 nitrogen and oxygen atoms in total. The molecule has 0 aromatic heterocycles. The highest BCUT2D eigenvalue weighted by Gasteiger charge is 2.08. The van der Waals surface area contributed by atoms with Crippen LogP contribution in [0.1, 0.15) is 12.8 Å². The second kappa shape index (κ2) is 7.06. The molecule has 1 rings (SSSR count). The maximum Gasteiger partial charge on any atom is 0.232 e. The van der Waals surface area contributed by atoms with E-state index in [4.69, 9.17) is 50.2 Å². The topological polar surface area (TPSA) is 43.4 Å². The van der Waals surface area contributed by atoms with E-state index in [0.29, 0.717) is 40.3 Å². The number of hydrogen-bond acceptors (Lipinski definition) is 3. The van der Waals surface area contributed by atoms with Crippen LogP contribution in [0.25, 0.3) is 0 Å². The van der Waals surface area contributed by atoms with Gasteiger partial charge >= 0.3 is 0 Å². The van der Waals surface area contributed by atoms with Gasteiger partial charge in [0.2, 0.25) is 9.05 Å². The summed E-state index contributed by atoms with van der Waals surface area (Å²) in [4.78, 5) is 0. The third-order valence-electron chi connectivity index (χ3n) is 2.01. The van der Waals surface area contributed by atoms with Crippen LogP contribution in [0.5, 0.6) is 5.75 Å². The van der Waals surface area contributed by atoms with Gasteiger partial charge in [-0.2, -0.15) is 0 Å². The van der Waals surface area contributed by atoms with Crippen molar-refractivity contribution in [2.75, 3.05) is 12.4 Å². The second-order valence-corrected chi connectivity index (χ2v) is 7.61. The molecule has 0 amide bonds. The summed E-state index contributed by atoms with van der Waals surface area (Å²) in [5.74, 6) is 0.340. The van der Waals surface area contributed by atoms with Crippen LogP contribution in [0.2, 0.25) is 15.1 Å². The summed E-state index contributed by atoms with van der Waals surface area (Å²) in [5, 5.41) is 1.05. The van der Waals surface area contributed by atoms with Crippen LogP contribution in [0.4, 0.5) is 0 Å². The summed E-state index contributed by atoms with van der Waals surface area (Å²) in [5.41, 5.74) is 0. The Balaban J connectivity index is 2.43. The highest BCUT2D eigenvalue weighted by atomic mass is 35.7. The maximum atomic E-state index is 10.7. The fourth-order valence-electron chi connectivity index (χ4n) is 1.17. The SMILES string of the molecule is O=S(=O)(Cl)CCCCOc1cc(Cl)c(Cl)cc1Cl. The predicted octanol–water partition coefficient (Wildman–Crippen LogP) is 4.37. The van der Waals surface area contributed by atoms with Crippen LogP contribution in [0.15, 0.2) is 12.1 Å².